The molecule has 1 aromatic rings. The molecule has 1 fully saturated rings. The number of nitrogens with zero attached hydrogens (tertiary/aromatic N) is 1. The lowest BCUT2D eigenvalue weighted by molar-refractivity contribution is 0.107. The lowest BCUT2D eigenvalue weighted by Crippen LogP contribution is -2.43. The van der Waals surface area contributed by atoms with E-state index in [-0.39, 0.29) is 6.10 Å². The number of hydrogen-bond donors (Lipinski definition) is 1. The highest BCUT2D eigenvalue weighted by molar-refractivity contribution is 5.32. The van der Waals surface area contributed by atoms with Gasteiger partial charge in [-0.1, -0.05) is 6.42 Å². The zero-order valence-corrected chi connectivity index (χ0v) is 11.2. The summed E-state index contributed by atoms with van der Waals surface area (Å²) in [6.07, 6.45) is 6.67. The van der Waals surface area contributed by atoms with Crippen molar-refractivity contribution >= 4 is 0 Å². The number of pyridine rings is 1. The van der Waals surface area contributed by atoms with Crippen molar-refractivity contribution in [3.8, 4) is 11.6 Å². The molecule has 18 heavy (non-hydrogen) atoms. The fraction of sp³-hybridized carbons (Fsp3) is 0.643. The van der Waals surface area contributed by atoms with E-state index in [0.717, 1.165) is 18.6 Å². The summed E-state index contributed by atoms with van der Waals surface area (Å²) in [5.41, 5.74) is 0. The van der Waals surface area contributed by atoms with E-state index in [2.05, 4.69) is 10.3 Å². The molecule has 0 bridgehead atoms. The molecule has 1 heterocycles. The van der Waals surface area contributed by atoms with E-state index in [1.165, 1.54) is 12.8 Å². The van der Waals surface area contributed by atoms with Crippen molar-refractivity contribution in [3.63, 3.8) is 0 Å². The molecule has 0 spiro atoms. The largest absolute Gasteiger partial charge is 0.488 e. The van der Waals surface area contributed by atoms with E-state index >= 15 is 0 Å². The first-order valence-electron chi connectivity index (χ1n) is 6.77. The summed E-state index contributed by atoms with van der Waals surface area (Å²) in [5, 5.41) is 3.33. The smallest absolute Gasteiger partial charge is 0.257 e. The van der Waals surface area contributed by atoms with Gasteiger partial charge in [-0.2, -0.15) is 0 Å². The normalized spacial score (nSPS) is 23.7. The minimum Gasteiger partial charge on any atom is -0.488 e. The molecule has 1 aliphatic carbocycles. The maximum Gasteiger partial charge on any atom is 0.257 e. The highest BCUT2D eigenvalue weighted by Gasteiger charge is 2.26. The summed E-state index contributed by atoms with van der Waals surface area (Å²) in [7, 11) is 1.99. The first-order valence-corrected chi connectivity index (χ1v) is 6.77. The second-order valence-electron chi connectivity index (χ2n) is 4.58. The molecule has 0 amide bonds. The first-order chi connectivity index (χ1) is 8.85. The van der Waals surface area contributed by atoms with Crippen molar-refractivity contribution in [2.45, 2.75) is 44.8 Å². The minimum absolute atomic E-state index is 0.192. The average Bonchev–Trinajstić information content (AvgIpc) is 2.42. The van der Waals surface area contributed by atoms with Crippen molar-refractivity contribution in [2.75, 3.05) is 13.7 Å². The average molecular weight is 250 g/mol. The predicted octanol–water partition coefficient (Wildman–Crippen LogP) is 2.39. The van der Waals surface area contributed by atoms with Crippen LogP contribution in [0.1, 0.15) is 32.6 Å². The highest BCUT2D eigenvalue weighted by Crippen LogP contribution is 2.28. The van der Waals surface area contributed by atoms with Gasteiger partial charge < -0.3 is 14.8 Å². The monoisotopic (exact) mass is 250 g/mol. The molecule has 4 heteroatoms. The van der Waals surface area contributed by atoms with Crippen molar-refractivity contribution < 1.29 is 9.47 Å². The molecule has 1 N–H and O–H groups in total. The topological polar surface area (TPSA) is 43.4 Å². The molecule has 1 saturated carbocycles. The molecule has 2 unspecified atom stereocenters. The summed E-state index contributed by atoms with van der Waals surface area (Å²) >= 11 is 0. The minimum atomic E-state index is 0.192. The van der Waals surface area contributed by atoms with Gasteiger partial charge in [-0.25, -0.2) is 4.98 Å². The number of hydrogen-bond acceptors (Lipinski definition) is 4. The van der Waals surface area contributed by atoms with Crippen LogP contribution in [0, 0.1) is 0 Å². The van der Waals surface area contributed by atoms with Crippen LogP contribution in [0.2, 0.25) is 0 Å². The van der Waals surface area contributed by atoms with Gasteiger partial charge in [0.15, 0.2) is 5.75 Å². The standard InChI is InChI=1S/C14H22N2O2/c1-3-17-13-9-6-10-16-14(13)18-12-8-5-4-7-11(12)15-2/h6,9-12,15H,3-5,7-8H2,1-2H3. The molecule has 0 radical (unpaired) electrons. The third kappa shape index (κ3) is 3.13. The molecular formula is C14H22N2O2. The first kappa shape index (κ1) is 13.1. The number of aromatic nitrogens is 1. The Labute approximate surface area is 109 Å². The predicted molar refractivity (Wildman–Crippen MR) is 71.1 cm³/mol. The summed E-state index contributed by atoms with van der Waals surface area (Å²) in [5.74, 6) is 1.35. The molecule has 1 aliphatic rings. The fourth-order valence-corrected chi connectivity index (χ4v) is 2.44. The van der Waals surface area contributed by atoms with E-state index in [0.29, 0.717) is 18.5 Å². The van der Waals surface area contributed by atoms with Crippen LogP contribution >= 0.6 is 0 Å². The third-order valence-electron chi connectivity index (χ3n) is 3.37. The number of rotatable bonds is 5. The molecule has 0 aliphatic heterocycles. The second kappa shape index (κ2) is 6.59. The number of likely N-dealkylation sites (N-methyl/N-ethyl adjacent to an activating group) is 1. The van der Waals surface area contributed by atoms with Crippen molar-refractivity contribution in [1.82, 2.24) is 10.3 Å². The molecule has 4 nitrogen and oxygen atoms in total. The zero-order valence-electron chi connectivity index (χ0n) is 11.2. The van der Waals surface area contributed by atoms with Crippen LogP contribution in [0.3, 0.4) is 0 Å². The Morgan fingerprint density at radius 2 is 2.22 bits per heavy atom. The summed E-state index contributed by atoms with van der Waals surface area (Å²) < 4.78 is 11.6. The highest BCUT2D eigenvalue weighted by atomic mass is 16.5. The van der Waals surface area contributed by atoms with Crippen molar-refractivity contribution in [1.29, 1.82) is 0 Å². The maximum absolute atomic E-state index is 6.04. The number of ether oxygens (including phenoxy) is 2. The van der Waals surface area contributed by atoms with Crippen LogP contribution in [-0.2, 0) is 0 Å². The Morgan fingerprint density at radius 3 is 3.00 bits per heavy atom. The molecule has 0 aromatic carbocycles. The van der Waals surface area contributed by atoms with Crippen molar-refractivity contribution in [3.05, 3.63) is 18.3 Å². The van der Waals surface area contributed by atoms with Gasteiger partial charge in [-0.15, -0.1) is 0 Å². The van der Waals surface area contributed by atoms with Crippen LogP contribution in [-0.4, -0.2) is 30.8 Å². The summed E-state index contributed by atoms with van der Waals surface area (Å²) in [6, 6.07) is 4.19. The van der Waals surface area contributed by atoms with Gasteiger partial charge in [0.05, 0.1) is 6.61 Å². The number of nitrogens with one attached hydrogen (secondary N) is 1. The molecular weight excluding hydrogens is 228 g/mol. The van der Waals surface area contributed by atoms with Crippen LogP contribution < -0.4 is 14.8 Å². The van der Waals surface area contributed by atoms with Gasteiger partial charge in [0.1, 0.15) is 6.10 Å². The molecule has 0 saturated heterocycles. The lowest BCUT2D eigenvalue weighted by Gasteiger charge is -2.31. The van der Waals surface area contributed by atoms with Crippen LogP contribution in [0.15, 0.2) is 18.3 Å². The third-order valence-corrected chi connectivity index (χ3v) is 3.37. The lowest BCUT2D eigenvalue weighted by atomic mass is 9.92. The Kier molecular flexibility index (Phi) is 4.81. The van der Waals surface area contributed by atoms with Crippen LogP contribution in [0.4, 0.5) is 0 Å². The van der Waals surface area contributed by atoms with Gasteiger partial charge in [0.25, 0.3) is 5.88 Å². The quantitative estimate of drug-likeness (QED) is 0.871. The molecule has 2 rings (SSSR count). The summed E-state index contributed by atoms with van der Waals surface area (Å²) in [6.45, 7) is 2.59. The van der Waals surface area contributed by atoms with Gasteiger partial charge in [-0.05, 0) is 45.4 Å². The van der Waals surface area contributed by atoms with E-state index in [4.69, 9.17) is 9.47 Å². The van der Waals surface area contributed by atoms with Crippen LogP contribution in [0.25, 0.3) is 0 Å². The van der Waals surface area contributed by atoms with E-state index < -0.39 is 0 Å². The summed E-state index contributed by atoms with van der Waals surface area (Å²) in [4.78, 5) is 4.29. The van der Waals surface area contributed by atoms with E-state index in [1.54, 1.807) is 6.20 Å². The second-order valence-corrected chi connectivity index (χ2v) is 4.58. The van der Waals surface area contributed by atoms with Gasteiger partial charge in [-0.3, -0.25) is 0 Å². The Hall–Kier alpha value is -1.29. The zero-order chi connectivity index (χ0) is 12.8. The van der Waals surface area contributed by atoms with Crippen molar-refractivity contribution in [2.24, 2.45) is 0 Å². The molecule has 1 aromatic heterocycles. The van der Waals surface area contributed by atoms with Crippen LogP contribution in [0.5, 0.6) is 11.6 Å². The van der Waals surface area contributed by atoms with Gasteiger partial charge >= 0.3 is 0 Å². The van der Waals surface area contributed by atoms with Gasteiger partial charge in [0, 0.05) is 12.2 Å². The maximum atomic E-state index is 6.04. The fourth-order valence-electron chi connectivity index (χ4n) is 2.44. The Bertz CT molecular complexity index is 371. The Morgan fingerprint density at radius 1 is 1.39 bits per heavy atom. The molecule has 100 valence electrons. The van der Waals surface area contributed by atoms with Gasteiger partial charge in [0.2, 0.25) is 0 Å². The van der Waals surface area contributed by atoms with E-state index in [1.807, 2.05) is 26.1 Å². The SMILES string of the molecule is CCOc1cccnc1OC1CCCCC1NC. The van der Waals surface area contributed by atoms with E-state index in [9.17, 15) is 0 Å². The Balaban J connectivity index is 2.07. The molecule has 2 atom stereocenters.